The summed E-state index contributed by atoms with van der Waals surface area (Å²) < 4.78 is 2.05. The third-order valence-corrected chi connectivity index (χ3v) is 4.35. The van der Waals surface area contributed by atoms with Crippen molar-refractivity contribution in [3.8, 4) is 5.69 Å². The van der Waals surface area contributed by atoms with Crippen molar-refractivity contribution in [1.29, 1.82) is 0 Å². The lowest BCUT2D eigenvalue weighted by Crippen LogP contribution is -2.23. The van der Waals surface area contributed by atoms with Crippen LogP contribution in [0.4, 0.5) is 0 Å². The van der Waals surface area contributed by atoms with Crippen molar-refractivity contribution in [2.45, 2.75) is 6.92 Å². The van der Waals surface area contributed by atoms with E-state index < -0.39 is 22.2 Å². The Hall–Kier alpha value is -3.28. The minimum Gasteiger partial charge on any atom is -0.277 e. The number of aromatic nitrogens is 2. The Balaban J connectivity index is 2.20. The summed E-state index contributed by atoms with van der Waals surface area (Å²) in [5, 5.41) is 0.621. The molecule has 0 aliphatic heterocycles. The fourth-order valence-corrected chi connectivity index (χ4v) is 3.10. The molecule has 0 radical (unpaired) electrons. The number of benzene rings is 2. The molecule has 0 aliphatic carbocycles. The van der Waals surface area contributed by atoms with E-state index in [2.05, 4.69) is 0 Å². The van der Waals surface area contributed by atoms with E-state index in [1.165, 1.54) is 19.2 Å². The van der Waals surface area contributed by atoms with Crippen LogP contribution >= 0.6 is 0 Å². The molecule has 0 unspecified atom stereocenters. The van der Waals surface area contributed by atoms with E-state index in [4.69, 9.17) is 0 Å². The van der Waals surface area contributed by atoms with Gasteiger partial charge in [0, 0.05) is 7.05 Å². The third-order valence-electron chi connectivity index (χ3n) is 4.35. The van der Waals surface area contributed by atoms with Crippen molar-refractivity contribution in [2.24, 2.45) is 7.05 Å². The summed E-state index contributed by atoms with van der Waals surface area (Å²) in [6, 6.07) is 9.74. The van der Waals surface area contributed by atoms with Crippen molar-refractivity contribution in [3.63, 3.8) is 0 Å². The zero-order valence-electron chi connectivity index (χ0n) is 13.0. The summed E-state index contributed by atoms with van der Waals surface area (Å²) >= 11 is 0. The van der Waals surface area contributed by atoms with E-state index in [0.717, 1.165) is 14.7 Å². The van der Waals surface area contributed by atoms with E-state index in [1.807, 2.05) is 13.0 Å². The highest BCUT2D eigenvalue weighted by atomic mass is 16.2. The zero-order valence-corrected chi connectivity index (χ0v) is 13.0. The summed E-state index contributed by atoms with van der Waals surface area (Å²) in [6.45, 7) is 1.86. The summed E-state index contributed by atoms with van der Waals surface area (Å²) in [6.07, 6.45) is 0. The largest absolute Gasteiger partial charge is 0.277 e. The lowest BCUT2D eigenvalue weighted by molar-refractivity contribution is 0.856. The number of nitrogens with zero attached hydrogens (tertiary/aromatic N) is 2. The van der Waals surface area contributed by atoms with Gasteiger partial charge in [0.1, 0.15) is 0 Å². The van der Waals surface area contributed by atoms with Gasteiger partial charge in [0.25, 0.3) is 22.2 Å². The molecule has 24 heavy (non-hydrogen) atoms. The molecule has 0 fully saturated rings. The van der Waals surface area contributed by atoms with E-state index >= 15 is 0 Å². The lowest BCUT2D eigenvalue weighted by atomic mass is 10.1. The second-order valence-electron chi connectivity index (χ2n) is 5.90. The zero-order chi connectivity index (χ0) is 17.2. The molecule has 0 spiro atoms. The Labute approximate surface area is 134 Å². The van der Waals surface area contributed by atoms with E-state index in [0.29, 0.717) is 5.69 Å². The van der Waals surface area contributed by atoms with Gasteiger partial charge in [-0.3, -0.25) is 23.7 Å². The van der Waals surface area contributed by atoms with E-state index in [1.54, 1.807) is 18.2 Å². The minimum absolute atomic E-state index is 0.150. The maximum Gasteiger partial charge on any atom is 0.266 e. The molecule has 0 saturated heterocycles. The Morgan fingerprint density at radius 1 is 0.708 bits per heavy atom. The third kappa shape index (κ3) is 1.70. The maximum atomic E-state index is 12.7. The molecule has 6 nitrogen and oxygen atoms in total. The number of hydrogen-bond acceptors (Lipinski definition) is 4. The van der Waals surface area contributed by atoms with Crippen molar-refractivity contribution in [3.05, 3.63) is 83.4 Å². The Morgan fingerprint density at radius 3 is 1.71 bits per heavy atom. The fourth-order valence-electron chi connectivity index (χ4n) is 3.10. The molecule has 4 aromatic rings. The molecule has 4 rings (SSSR count). The Kier molecular flexibility index (Phi) is 2.75. The molecule has 0 atom stereocenters. The highest BCUT2D eigenvalue weighted by molar-refractivity contribution is 5.98. The van der Waals surface area contributed by atoms with Crippen LogP contribution in [-0.4, -0.2) is 9.13 Å². The van der Waals surface area contributed by atoms with Crippen LogP contribution in [0.5, 0.6) is 0 Å². The molecular weight excluding hydrogens is 308 g/mol. The number of rotatable bonds is 1. The van der Waals surface area contributed by atoms with Gasteiger partial charge in [0.15, 0.2) is 0 Å². The average Bonchev–Trinajstić information content (AvgIpc) is 2.93. The number of hydrogen-bond donors (Lipinski definition) is 0. The van der Waals surface area contributed by atoms with Gasteiger partial charge in [-0.25, -0.2) is 4.57 Å². The predicted molar refractivity (Wildman–Crippen MR) is 91.9 cm³/mol. The highest BCUT2D eigenvalue weighted by Crippen LogP contribution is 2.16. The summed E-state index contributed by atoms with van der Waals surface area (Å²) in [7, 11) is 1.37. The molecule has 2 aromatic carbocycles. The molecule has 2 aromatic heterocycles. The SMILES string of the molecule is Cc1cccc(-n2c(=O)c3cc4c(=O)n(C)c(=O)c4cc3c2=O)c1. The van der Waals surface area contributed by atoms with Gasteiger partial charge in [-0.15, -0.1) is 0 Å². The van der Waals surface area contributed by atoms with Gasteiger partial charge in [-0.05, 0) is 36.8 Å². The van der Waals surface area contributed by atoms with Crippen molar-refractivity contribution in [1.82, 2.24) is 9.13 Å². The van der Waals surface area contributed by atoms with Crippen LogP contribution in [0.25, 0.3) is 27.2 Å². The number of fused-ring (bicyclic) bond motifs is 2. The van der Waals surface area contributed by atoms with Crippen molar-refractivity contribution >= 4 is 21.5 Å². The first-order valence-corrected chi connectivity index (χ1v) is 7.36. The lowest BCUT2D eigenvalue weighted by Gasteiger charge is -2.00. The minimum atomic E-state index is -0.488. The van der Waals surface area contributed by atoms with E-state index in [9.17, 15) is 19.2 Å². The van der Waals surface area contributed by atoms with Gasteiger partial charge < -0.3 is 0 Å². The molecule has 6 heteroatoms. The molecule has 2 heterocycles. The van der Waals surface area contributed by atoms with Gasteiger partial charge in [-0.1, -0.05) is 12.1 Å². The second-order valence-corrected chi connectivity index (χ2v) is 5.90. The molecule has 118 valence electrons. The standard InChI is InChI=1S/C18H12N2O4/c1-9-4-3-5-10(6-9)20-17(23)13-7-11-12(8-14(13)18(20)24)16(22)19(2)15(11)21/h3-8H,1-2H3. The molecule has 0 N–H and O–H groups in total. The Morgan fingerprint density at radius 2 is 1.21 bits per heavy atom. The van der Waals surface area contributed by atoms with Crippen molar-refractivity contribution in [2.75, 3.05) is 0 Å². The van der Waals surface area contributed by atoms with Crippen LogP contribution in [0.1, 0.15) is 5.56 Å². The average molecular weight is 320 g/mol. The topological polar surface area (TPSA) is 78.1 Å². The smallest absolute Gasteiger partial charge is 0.266 e. The van der Waals surface area contributed by atoms with Crippen LogP contribution in [0.2, 0.25) is 0 Å². The first kappa shape index (κ1) is 14.3. The Bertz CT molecular complexity index is 1270. The second kappa shape index (κ2) is 4.61. The van der Waals surface area contributed by atoms with E-state index in [-0.39, 0.29) is 21.5 Å². The van der Waals surface area contributed by atoms with Crippen LogP contribution in [0, 0.1) is 6.92 Å². The van der Waals surface area contributed by atoms with Crippen LogP contribution in [-0.2, 0) is 7.05 Å². The van der Waals surface area contributed by atoms with Crippen molar-refractivity contribution < 1.29 is 0 Å². The first-order valence-electron chi connectivity index (χ1n) is 7.36. The summed E-state index contributed by atoms with van der Waals surface area (Å²) in [5.41, 5.74) is -0.523. The molecule has 0 saturated carbocycles. The highest BCUT2D eigenvalue weighted by Gasteiger charge is 2.19. The first-order chi connectivity index (χ1) is 11.4. The summed E-state index contributed by atoms with van der Waals surface area (Å²) in [4.78, 5) is 49.5. The molecule has 0 aliphatic rings. The number of aryl methyl sites for hydroxylation is 1. The maximum absolute atomic E-state index is 12.7. The van der Waals surface area contributed by atoms with Gasteiger partial charge in [0.2, 0.25) is 0 Å². The summed E-state index contributed by atoms with van der Waals surface area (Å²) in [5.74, 6) is 0. The fraction of sp³-hybridized carbons (Fsp3) is 0.111. The van der Waals surface area contributed by atoms with Gasteiger partial charge in [-0.2, -0.15) is 0 Å². The molecule has 0 bridgehead atoms. The van der Waals surface area contributed by atoms with Crippen LogP contribution in [0.15, 0.2) is 55.6 Å². The van der Waals surface area contributed by atoms with Crippen LogP contribution in [0.3, 0.4) is 0 Å². The van der Waals surface area contributed by atoms with Crippen LogP contribution < -0.4 is 22.2 Å². The predicted octanol–water partition coefficient (Wildman–Crippen LogP) is 0.747. The molecule has 0 amide bonds. The quantitative estimate of drug-likeness (QED) is 0.518. The normalized spacial score (nSPS) is 11.6. The van der Waals surface area contributed by atoms with Gasteiger partial charge >= 0.3 is 0 Å². The molecular formula is C18H12N2O4. The van der Waals surface area contributed by atoms with Gasteiger partial charge in [0.05, 0.1) is 27.2 Å². The monoisotopic (exact) mass is 320 g/mol.